The number of benzene rings is 11. The zero-order chi connectivity index (χ0) is 43.5. The van der Waals surface area contributed by atoms with Crippen LogP contribution in [0.4, 0.5) is 17.1 Å². The minimum Gasteiger partial charge on any atom is -0.344 e. The summed E-state index contributed by atoms with van der Waals surface area (Å²) in [5, 5.41) is 7.51. The van der Waals surface area contributed by atoms with E-state index in [1.807, 2.05) is 0 Å². The molecule has 0 atom stereocenters. The molecular formula is C64H42N2. The molecule has 1 aromatic heterocycles. The summed E-state index contributed by atoms with van der Waals surface area (Å²) >= 11 is 0. The molecule has 0 saturated heterocycles. The number of nitrogens with zero attached hydrogens (tertiary/aromatic N) is 2. The van der Waals surface area contributed by atoms with Gasteiger partial charge in [0.1, 0.15) is 0 Å². The van der Waals surface area contributed by atoms with Crippen molar-refractivity contribution in [3.8, 4) is 44.5 Å². The van der Waals surface area contributed by atoms with E-state index in [4.69, 9.17) is 0 Å². The molecule has 0 bridgehead atoms. The molecule has 0 radical (unpaired) electrons. The third kappa shape index (κ3) is 5.01. The Kier molecular flexibility index (Phi) is 7.85. The van der Waals surface area contributed by atoms with Crippen molar-refractivity contribution in [2.24, 2.45) is 7.05 Å². The van der Waals surface area contributed by atoms with Crippen LogP contribution in [-0.4, -0.2) is 4.57 Å². The van der Waals surface area contributed by atoms with E-state index in [0.717, 1.165) is 17.1 Å². The number of anilines is 3. The van der Waals surface area contributed by atoms with Gasteiger partial charge in [0.2, 0.25) is 0 Å². The normalized spacial score (nSPS) is 13.0. The highest BCUT2D eigenvalue weighted by Crippen LogP contribution is 2.65. The fraction of sp³-hybridized carbons (Fsp3) is 0.0312. The smallest absolute Gasteiger partial charge is 0.0726 e. The molecule has 1 heterocycles. The Bertz CT molecular complexity index is 3910. The van der Waals surface area contributed by atoms with E-state index in [-0.39, 0.29) is 0 Å². The maximum Gasteiger partial charge on any atom is 0.0726 e. The van der Waals surface area contributed by atoms with E-state index < -0.39 is 5.41 Å². The van der Waals surface area contributed by atoms with Crippen molar-refractivity contribution in [3.05, 3.63) is 259 Å². The second-order valence-corrected chi connectivity index (χ2v) is 18.0. The van der Waals surface area contributed by atoms with Gasteiger partial charge in [-0.3, -0.25) is 0 Å². The Morgan fingerprint density at radius 2 is 0.864 bits per heavy atom. The molecule has 2 heteroatoms. The molecule has 0 saturated carbocycles. The zero-order valence-corrected chi connectivity index (χ0v) is 36.4. The summed E-state index contributed by atoms with van der Waals surface area (Å²) in [6, 6.07) is 88.4. The molecule has 66 heavy (non-hydrogen) atoms. The van der Waals surface area contributed by atoms with E-state index >= 15 is 0 Å². The van der Waals surface area contributed by atoms with Gasteiger partial charge in [0, 0.05) is 40.1 Å². The van der Waals surface area contributed by atoms with Gasteiger partial charge < -0.3 is 9.47 Å². The van der Waals surface area contributed by atoms with E-state index in [0.29, 0.717) is 0 Å². The van der Waals surface area contributed by atoms with Crippen LogP contribution in [0.2, 0.25) is 0 Å². The summed E-state index contributed by atoms with van der Waals surface area (Å²) in [6.45, 7) is 0. The molecule has 0 fully saturated rings. The minimum absolute atomic E-state index is 0.575. The van der Waals surface area contributed by atoms with Crippen LogP contribution in [0, 0.1) is 0 Å². The molecule has 12 aromatic rings. The summed E-state index contributed by atoms with van der Waals surface area (Å²) < 4.78 is 2.34. The van der Waals surface area contributed by atoms with E-state index in [2.05, 4.69) is 253 Å². The summed E-state index contributed by atoms with van der Waals surface area (Å²) in [4.78, 5) is 2.50. The minimum atomic E-state index is -0.575. The van der Waals surface area contributed by atoms with Gasteiger partial charge in [0.25, 0.3) is 0 Å². The molecule has 11 aromatic carbocycles. The topological polar surface area (TPSA) is 8.17 Å². The van der Waals surface area contributed by atoms with Crippen LogP contribution in [0.25, 0.3) is 87.9 Å². The molecule has 0 N–H and O–H groups in total. The van der Waals surface area contributed by atoms with E-state index in [1.54, 1.807) is 0 Å². The number of para-hydroxylation sites is 2. The van der Waals surface area contributed by atoms with Crippen LogP contribution < -0.4 is 4.90 Å². The number of aryl methyl sites for hydroxylation is 1. The van der Waals surface area contributed by atoms with Crippen molar-refractivity contribution in [1.29, 1.82) is 0 Å². The molecule has 1 spiro atoms. The Morgan fingerprint density at radius 1 is 0.318 bits per heavy atom. The van der Waals surface area contributed by atoms with Crippen molar-refractivity contribution in [3.63, 3.8) is 0 Å². The van der Waals surface area contributed by atoms with Gasteiger partial charge in [-0.05, 0) is 125 Å². The van der Waals surface area contributed by atoms with Crippen molar-refractivity contribution in [2.75, 3.05) is 4.90 Å². The number of hydrogen-bond acceptors (Lipinski definition) is 1. The van der Waals surface area contributed by atoms with Crippen LogP contribution in [0.1, 0.15) is 22.3 Å². The fourth-order valence-corrected chi connectivity index (χ4v) is 12.0. The number of rotatable bonds is 5. The van der Waals surface area contributed by atoms with Crippen molar-refractivity contribution < 1.29 is 0 Å². The molecule has 14 rings (SSSR count). The molecule has 2 nitrogen and oxygen atoms in total. The van der Waals surface area contributed by atoms with Gasteiger partial charge in [-0.2, -0.15) is 0 Å². The predicted molar refractivity (Wildman–Crippen MR) is 277 cm³/mol. The summed E-state index contributed by atoms with van der Waals surface area (Å²) in [6.07, 6.45) is 0. The number of fused-ring (bicyclic) bond motifs is 16. The van der Waals surface area contributed by atoms with Crippen molar-refractivity contribution >= 4 is 60.4 Å². The highest BCUT2D eigenvalue weighted by atomic mass is 15.1. The predicted octanol–water partition coefficient (Wildman–Crippen LogP) is 16.8. The van der Waals surface area contributed by atoms with E-state index in [9.17, 15) is 0 Å². The quantitative estimate of drug-likeness (QED) is 0.168. The molecular weight excluding hydrogens is 797 g/mol. The summed E-state index contributed by atoms with van der Waals surface area (Å²) in [7, 11) is 2.19. The first-order valence-electron chi connectivity index (χ1n) is 23.0. The van der Waals surface area contributed by atoms with Gasteiger partial charge in [-0.15, -0.1) is 0 Å². The zero-order valence-electron chi connectivity index (χ0n) is 36.4. The van der Waals surface area contributed by atoms with Gasteiger partial charge >= 0.3 is 0 Å². The lowest BCUT2D eigenvalue weighted by Crippen LogP contribution is -2.26. The highest BCUT2D eigenvalue weighted by molar-refractivity contribution is 6.14. The van der Waals surface area contributed by atoms with Gasteiger partial charge in [0.05, 0.1) is 16.6 Å². The van der Waals surface area contributed by atoms with Crippen molar-refractivity contribution in [2.45, 2.75) is 5.41 Å². The van der Waals surface area contributed by atoms with Crippen molar-refractivity contribution in [1.82, 2.24) is 4.57 Å². The average Bonchev–Trinajstić information content (AvgIpc) is 3.97. The molecule has 0 aliphatic heterocycles. The van der Waals surface area contributed by atoms with Gasteiger partial charge in [-0.25, -0.2) is 0 Å². The largest absolute Gasteiger partial charge is 0.344 e. The Hall–Kier alpha value is -8.46. The van der Waals surface area contributed by atoms with E-state index in [1.165, 1.54) is 110 Å². The van der Waals surface area contributed by atoms with Crippen LogP contribution in [0.3, 0.4) is 0 Å². The maximum atomic E-state index is 2.55. The second kappa shape index (κ2) is 14.0. The fourth-order valence-electron chi connectivity index (χ4n) is 12.0. The first-order valence-corrected chi connectivity index (χ1v) is 23.0. The first-order chi connectivity index (χ1) is 32.7. The number of hydrogen-bond donors (Lipinski definition) is 0. The number of aromatic nitrogens is 1. The second-order valence-electron chi connectivity index (χ2n) is 18.0. The van der Waals surface area contributed by atoms with Crippen LogP contribution in [-0.2, 0) is 12.5 Å². The summed E-state index contributed by atoms with van der Waals surface area (Å²) in [5.74, 6) is 0. The lowest BCUT2D eigenvalue weighted by Gasteiger charge is -2.33. The molecule has 2 aliphatic rings. The van der Waals surface area contributed by atoms with Gasteiger partial charge in [0.15, 0.2) is 0 Å². The first kappa shape index (κ1) is 37.0. The highest BCUT2D eigenvalue weighted by Gasteiger charge is 2.52. The van der Waals surface area contributed by atoms with Crippen LogP contribution >= 0.6 is 0 Å². The Labute approximate surface area is 383 Å². The standard InChI is InChI=1S/C64H42N2/c1-65-60-31-17-14-26-51(60)53-35-33-44(39-61(53)65)66(43-20-6-3-7-21-43)62-40-59-63(54-28-11-10-27-52(54)62)55-34-32-42(46-37-36-45(41-18-4-2-5-19-41)47-22-8-9-23-48(46)47)38-58(55)64(59)56-29-15-12-24-49(56)50-25-13-16-30-57(50)64/h2-40H,1H3. The third-order valence-corrected chi connectivity index (χ3v) is 14.8. The Balaban J connectivity index is 1.07. The van der Waals surface area contributed by atoms with Crippen LogP contribution in [0.5, 0.6) is 0 Å². The lowest BCUT2D eigenvalue weighted by atomic mass is 9.70. The van der Waals surface area contributed by atoms with Crippen LogP contribution in [0.15, 0.2) is 237 Å². The SMILES string of the molecule is Cn1c2ccccc2c2ccc(N(c3ccccc3)c3cc4c(c5ccccc35)-c3ccc(-c5ccc(-c6ccccc6)c6ccccc56)cc3C43c4ccccc4-c4ccccc43)cc21. The third-order valence-electron chi connectivity index (χ3n) is 14.8. The average molecular weight is 839 g/mol. The Morgan fingerprint density at radius 3 is 1.58 bits per heavy atom. The summed E-state index contributed by atoms with van der Waals surface area (Å²) in [5.41, 5.74) is 20.7. The lowest BCUT2D eigenvalue weighted by molar-refractivity contribution is 0.794. The van der Waals surface area contributed by atoms with Gasteiger partial charge in [-0.1, -0.05) is 194 Å². The molecule has 2 aliphatic carbocycles. The molecule has 308 valence electrons. The monoisotopic (exact) mass is 838 g/mol. The molecule has 0 amide bonds. The maximum absolute atomic E-state index is 2.55. The molecule has 0 unspecified atom stereocenters.